The molecule has 0 aliphatic carbocycles. The highest BCUT2D eigenvalue weighted by Gasteiger charge is 2.55. The van der Waals surface area contributed by atoms with Crippen LogP contribution in [0.4, 0.5) is 30.4 Å². The zero-order valence-corrected chi connectivity index (χ0v) is 28.2. The van der Waals surface area contributed by atoms with E-state index in [1.54, 1.807) is 25.2 Å². The summed E-state index contributed by atoms with van der Waals surface area (Å²) in [7, 11) is 1.60. The number of amides is 3. The normalized spacial score (nSPS) is 25.8. The Hall–Kier alpha value is -3.72. The van der Waals surface area contributed by atoms with Gasteiger partial charge in [0.25, 0.3) is 0 Å². The number of anilines is 3. The van der Waals surface area contributed by atoms with Crippen molar-refractivity contribution < 1.29 is 32.3 Å². The summed E-state index contributed by atoms with van der Waals surface area (Å²) in [6.45, 7) is 11.3. The number of hydrogen-bond acceptors (Lipinski definition) is 8. The van der Waals surface area contributed by atoms with E-state index in [-0.39, 0.29) is 42.0 Å². The fourth-order valence-corrected chi connectivity index (χ4v) is 8.72. The van der Waals surface area contributed by atoms with Crippen molar-refractivity contribution in [1.82, 2.24) is 19.7 Å². The number of alkyl halides is 3. The minimum Gasteiger partial charge on any atom is -0.378 e. The second-order valence-electron chi connectivity index (χ2n) is 13.8. The van der Waals surface area contributed by atoms with E-state index in [4.69, 9.17) is 16.3 Å². The van der Waals surface area contributed by atoms with Gasteiger partial charge in [-0.2, -0.15) is 13.2 Å². The Kier molecular flexibility index (Phi) is 8.65. The number of carbonyl (C=O) groups is 3. The smallest absolute Gasteiger partial charge is 0.378 e. The number of likely N-dealkylation sites (N-methyl/N-ethyl adjacent to an activating group) is 1. The van der Waals surface area contributed by atoms with Crippen molar-refractivity contribution in [2.45, 2.75) is 37.1 Å². The highest BCUT2D eigenvalue weighted by molar-refractivity contribution is 6.34. The van der Waals surface area contributed by atoms with Crippen LogP contribution in [0.5, 0.6) is 0 Å². The number of halogens is 4. The predicted molar refractivity (Wildman–Crippen MR) is 178 cm³/mol. The third kappa shape index (κ3) is 5.96. The first-order valence-electron chi connectivity index (χ1n) is 16.5. The molecule has 7 rings (SSSR count). The number of rotatable bonds is 5. The molecular weight excluding hydrogens is 663 g/mol. The van der Waals surface area contributed by atoms with Gasteiger partial charge in [-0.15, -0.1) is 0 Å². The van der Waals surface area contributed by atoms with Crippen molar-refractivity contribution in [3.8, 4) is 0 Å². The molecule has 4 saturated heterocycles. The van der Waals surface area contributed by atoms with E-state index in [0.717, 1.165) is 36.7 Å². The van der Waals surface area contributed by atoms with Crippen molar-refractivity contribution >= 4 is 46.5 Å². The van der Waals surface area contributed by atoms with Crippen molar-refractivity contribution in [1.29, 1.82) is 0 Å². The number of fused-ring (bicyclic) bond motifs is 4. The fraction of sp³-hybridized carbons (Fsp3) is 0.529. The molecule has 6 heterocycles. The molecule has 49 heavy (non-hydrogen) atoms. The van der Waals surface area contributed by atoms with E-state index in [9.17, 15) is 27.6 Å². The standard InChI is InChI=1S/C34H39ClF3N7O4/c1-4-28(46)43-19-33(20-43)18-41(16-24-17-49-11-10-44(24)33)8-9-42-15-22-13-29(47)45(27-14-23(34(36,37)38)12-21(2)39-27)30(22)32(48)40(3)26-7-5-6-25(35)31(26)42/h4-7,12,14,22,24,30H,1,8-11,13,15-20H2,2-3H3/t22-,24+,30+/m1/s1. The number of likely N-dealkylation sites (tertiary alicyclic amines) is 1. The van der Waals surface area contributed by atoms with Gasteiger partial charge in [-0.3, -0.25) is 29.1 Å². The highest BCUT2D eigenvalue weighted by Crippen LogP contribution is 2.43. The van der Waals surface area contributed by atoms with Crippen LogP contribution >= 0.6 is 11.6 Å². The molecule has 1 aromatic heterocycles. The highest BCUT2D eigenvalue weighted by atomic mass is 35.5. The lowest BCUT2D eigenvalue weighted by molar-refractivity contribution is -0.173. The average molecular weight is 702 g/mol. The van der Waals surface area contributed by atoms with E-state index in [1.165, 1.54) is 17.9 Å². The van der Waals surface area contributed by atoms with Gasteiger partial charge in [-0.1, -0.05) is 24.2 Å². The molecule has 0 bridgehead atoms. The summed E-state index contributed by atoms with van der Waals surface area (Å²) in [5.74, 6) is -1.69. The number of nitrogens with zero attached hydrogens (tertiary/aromatic N) is 7. The quantitative estimate of drug-likeness (QED) is 0.440. The number of carbonyl (C=O) groups excluding carboxylic acids is 3. The summed E-state index contributed by atoms with van der Waals surface area (Å²) < 4.78 is 47.2. The topological polar surface area (TPSA) is 92.8 Å². The molecule has 1 aromatic carbocycles. The second kappa shape index (κ2) is 12.6. The van der Waals surface area contributed by atoms with E-state index >= 15 is 0 Å². The molecule has 0 N–H and O–H groups in total. The number of aromatic nitrogens is 1. The van der Waals surface area contributed by atoms with E-state index in [0.29, 0.717) is 55.8 Å². The summed E-state index contributed by atoms with van der Waals surface area (Å²) in [5, 5.41) is 0.450. The van der Waals surface area contributed by atoms with Crippen LogP contribution < -0.4 is 14.7 Å². The zero-order valence-electron chi connectivity index (χ0n) is 27.5. The summed E-state index contributed by atoms with van der Waals surface area (Å²) in [6, 6.07) is 6.18. The van der Waals surface area contributed by atoms with Gasteiger partial charge in [0, 0.05) is 83.5 Å². The van der Waals surface area contributed by atoms with Crippen LogP contribution in [0.2, 0.25) is 5.02 Å². The van der Waals surface area contributed by atoms with Gasteiger partial charge < -0.3 is 19.4 Å². The first-order chi connectivity index (χ1) is 23.3. The van der Waals surface area contributed by atoms with E-state index in [1.807, 2.05) is 4.90 Å². The van der Waals surface area contributed by atoms with Gasteiger partial charge >= 0.3 is 6.18 Å². The number of piperazine rings is 1. The van der Waals surface area contributed by atoms with Gasteiger partial charge in [0.05, 0.1) is 40.7 Å². The molecule has 5 aliphatic rings. The SMILES string of the molecule is C=CC(=O)N1CC2(CN(CCN3C[C@H]4CC(=O)N(c5cc(C(F)(F)F)cc(C)n5)[C@@H]4C(=O)N(C)c4cccc(Cl)c43)C[C@H]3COCCN32)C1. The van der Waals surface area contributed by atoms with Crippen LogP contribution in [0.15, 0.2) is 43.0 Å². The van der Waals surface area contributed by atoms with Crippen LogP contribution in [0, 0.1) is 12.8 Å². The summed E-state index contributed by atoms with van der Waals surface area (Å²) in [4.78, 5) is 55.8. The van der Waals surface area contributed by atoms with Crippen LogP contribution in [0.25, 0.3) is 0 Å². The maximum Gasteiger partial charge on any atom is 0.416 e. The Balaban J connectivity index is 1.18. The molecule has 3 amide bonds. The molecule has 2 aromatic rings. The first-order valence-corrected chi connectivity index (χ1v) is 16.8. The molecule has 0 radical (unpaired) electrons. The van der Waals surface area contributed by atoms with Gasteiger partial charge in [0.15, 0.2) is 0 Å². The molecule has 15 heteroatoms. The summed E-state index contributed by atoms with van der Waals surface area (Å²) >= 11 is 6.84. The number of hydrogen-bond donors (Lipinski definition) is 0. The van der Waals surface area contributed by atoms with Gasteiger partial charge in [0.2, 0.25) is 17.7 Å². The van der Waals surface area contributed by atoms with Crippen LogP contribution in [-0.4, -0.2) is 128 Å². The number of para-hydroxylation sites is 1. The molecular formula is C34H39ClF3N7O4. The Morgan fingerprint density at radius 1 is 1.16 bits per heavy atom. The third-order valence-electron chi connectivity index (χ3n) is 10.6. The van der Waals surface area contributed by atoms with Crippen LogP contribution in [0.3, 0.4) is 0 Å². The number of ether oxygens (including phenoxy) is 1. The minimum atomic E-state index is -4.65. The lowest BCUT2D eigenvalue weighted by Crippen LogP contribution is -2.81. The van der Waals surface area contributed by atoms with Crippen LogP contribution in [0.1, 0.15) is 17.7 Å². The molecule has 3 atom stereocenters. The zero-order chi connectivity index (χ0) is 34.8. The maximum atomic E-state index is 14.2. The number of morpholine rings is 1. The molecule has 1 spiro atoms. The molecule has 262 valence electrons. The summed E-state index contributed by atoms with van der Waals surface area (Å²) in [6.07, 6.45) is -3.33. The predicted octanol–water partition coefficient (Wildman–Crippen LogP) is 3.05. The van der Waals surface area contributed by atoms with Crippen molar-refractivity contribution in [2.75, 3.05) is 87.3 Å². The van der Waals surface area contributed by atoms with Gasteiger partial charge in [0.1, 0.15) is 11.9 Å². The molecule has 4 fully saturated rings. The molecule has 0 unspecified atom stereocenters. The van der Waals surface area contributed by atoms with Gasteiger partial charge in [-0.05, 0) is 37.3 Å². The lowest BCUT2D eigenvalue weighted by atomic mass is 9.82. The second-order valence-corrected chi connectivity index (χ2v) is 14.2. The monoisotopic (exact) mass is 701 g/mol. The van der Waals surface area contributed by atoms with E-state index in [2.05, 4.69) is 26.3 Å². The Bertz CT molecular complexity index is 1690. The van der Waals surface area contributed by atoms with E-state index < -0.39 is 35.5 Å². The Labute approximate surface area is 287 Å². The fourth-order valence-electron chi connectivity index (χ4n) is 8.43. The molecule has 0 saturated carbocycles. The number of benzene rings is 1. The third-order valence-corrected chi connectivity index (χ3v) is 10.9. The molecule has 11 nitrogen and oxygen atoms in total. The summed E-state index contributed by atoms with van der Waals surface area (Å²) in [5.41, 5.74) is 0.183. The van der Waals surface area contributed by atoms with Gasteiger partial charge in [-0.25, -0.2) is 4.98 Å². The maximum absolute atomic E-state index is 14.2. The Morgan fingerprint density at radius 3 is 2.67 bits per heavy atom. The van der Waals surface area contributed by atoms with Crippen LogP contribution in [-0.2, 0) is 25.3 Å². The average Bonchev–Trinajstić information content (AvgIpc) is 3.37. The lowest BCUT2D eigenvalue weighted by Gasteiger charge is -2.63. The Morgan fingerprint density at radius 2 is 1.94 bits per heavy atom. The van der Waals surface area contributed by atoms with Crippen molar-refractivity contribution in [3.05, 3.63) is 59.3 Å². The largest absolute Gasteiger partial charge is 0.416 e. The molecule has 5 aliphatic heterocycles. The number of aryl methyl sites for hydroxylation is 1. The first kappa shape index (κ1) is 33.8. The van der Waals surface area contributed by atoms with Crippen molar-refractivity contribution in [2.24, 2.45) is 5.92 Å². The number of pyridine rings is 1. The minimum absolute atomic E-state index is 0.0358. The van der Waals surface area contributed by atoms with Crippen molar-refractivity contribution in [3.63, 3.8) is 0 Å².